The van der Waals surface area contributed by atoms with Crippen molar-refractivity contribution >= 4 is 5.97 Å². The molecule has 2 rings (SSSR count). The van der Waals surface area contributed by atoms with Crippen molar-refractivity contribution in [2.45, 2.75) is 69.9 Å². The number of hydrogen-bond acceptors (Lipinski definition) is 3. The van der Waals surface area contributed by atoms with E-state index >= 15 is 0 Å². The van der Waals surface area contributed by atoms with E-state index in [2.05, 4.69) is 17.4 Å². The Balaban J connectivity index is 1.80. The van der Waals surface area contributed by atoms with E-state index in [0.717, 1.165) is 25.7 Å². The summed E-state index contributed by atoms with van der Waals surface area (Å²) in [7, 11) is 1.84. The Kier molecular flexibility index (Phi) is 7.44. The molecule has 1 saturated carbocycles. The summed E-state index contributed by atoms with van der Waals surface area (Å²) >= 11 is 0. The minimum atomic E-state index is -0.203. The zero-order valence-electron chi connectivity index (χ0n) is 13.7. The maximum Gasteiger partial charge on any atom is 0.323 e. The SMILES string of the molecule is CN[C@@H](CCc1ccccc1)C(=O)OC1CCCCCCC1. The van der Waals surface area contributed by atoms with Crippen LogP contribution in [0.15, 0.2) is 30.3 Å². The van der Waals surface area contributed by atoms with E-state index in [4.69, 9.17) is 4.74 Å². The van der Waals surface area contributed by atoms with Gasteiger partial charge in [-0.3, -0.25) is 4.79 Å². The molecule has 3 nitrogen and oxygen atoms in total. The maximum atomic E-state index is 12.4. The molecular formula is C19H29NO2. The van der Waals surface area contributed by atoms with Gasteiger partial charge in [-0.1, -0.05) is 49.6 Å². The van der Waals surface area contributed by atoms with Crippen LogP contribution in [-0.2, 0) is 16.0 Å². The van der Waals surface area contributed by atoms with Gasteiger partial charge in [0.25, 0.3) is 0 Å². The van der Waals surface area contributed by atoms with Crippen molar-refractivity contribution in [2.75, 3.05) is 7.05 Å². The summed E-state index contributed by atoms with van der Waals surface area (Å²) in [6.45, 7) is 0. The predicted octanol–water partition coefficient (Wildman–Crippen LogP) is 3.86. The Labute approximate surface area is 134 Å². The molecule has 122 valence electrons. The molecule has 0 heterocycles. The van der Waals surface area contributed by atoms with Crippen LogP contribution in [0.25, 0.3) is 0 Å². The number of carbonyl (C=O) groups excluding carboxylic acids is 1. The molecule has 1 aromatic carbocycles. The molecule has 0 radical (unpaired) electrons. The van der Waals surface area contributed by atoms with Gasteiger partial charge in [0.1, 0.15) is 12.1 Å². The molecule has 22 heavy (non-hydrogen) atoms. The molecule has 3 heteroatoms. The smallest absolute Gasteiger partial charge is 0.323 e. The number of nitrogens with one attached hydrogen (secondary N) is 1. The fourth-order valence-electron chi connectivity index (χ4n) is 3.12. The number of hydrogen-bond donors (Lipinski definition) is 1. The van der Waals surface area contributed by atoms with E-state index in [1.54, 1.807) is 0 Å². The van der Waals surface area contributed by atoms with E-state index in [9.17, 15) is 4.79 Å². The first-order chi connectivity index (χ1) is 10.8. The average molecular weight is 303 g/mol. The van der Waals surface area contributed by atoms with Gasteiger partial charge in [0.05, 0.1) is 0 Å². The third-order valence-corrected chi connectivity index (χ3v) is 4.53. The second kappa shape index (κ2) is 9.62. The molecule has 0 unspecified atom stereocenters. The highest BCUT2D eigenvalue weighted by atomic mass is 16.5. The van der Waals surface area contributed by atoms with E-state index in [1.165, 1.54) is 37.7 Å². The minimum absolute atomic E-state index is 0.0796. The molecular weight excluding hydrogens is 274 g/mol. The summed E-state index contributed by atoms with van der Waals surface area (Å²) in [6.07, 6.45) is 10.1. The average Bonchev–Trinajstić information content (AvgIpc) is 2.51. The van der Waals surface area contributed by atoms with Crippen molar-refractivity contribution in [3.63, 3.8) is 0 Å². The van der Waals surface area contributed by atoms with E-state index < -0.39 is 0 Å². The monoisotopic (exact) mass is 303 g/mol. The Hall–Kier alpha value is -1.35. The van der Waals surface area contributed by atoms with Gasteiger partial charge in [0, 0.05) is 0 Å². The molecule has 0 amide bonds. The van der Waals surface area contributed by atoms with Gasteiger partial charge in [-0.2, -0.15) is 0 Å². The molecule has 0 spiro atoms. The van der Waals surface area contributed by atoms with Gasteiger partial charge >= 0.3 is 5.97 Å². The standard InChI is InChI=1S/C19H29NO2/c1-20-18(15-14-16-10-6-5-7-11-16)19(21)22-17-12-8-3-2-4-9-13-17/h5-7,10-11,17-18,20H,2-4,8-9,12-15H2,1H3/t18-/m0/s1. The van der Waals surface area contributed by atoms with Crippen LogP contribution in [0, 0.1) is 0 Å². The number of benzene rings is 1. The lowest BCUT2D eigenvalue weighted by atomic mass is 9.98. The van der Waals surface area contributed by atoms with E-state index in [1.807, 2.05) is 25.2 Å². The summed E-state index contributed by atoms with van der Waals surface area (Å²) < 4.78 is 5.77. The van der Waals surface area contributed by atoms with Crippen LogP contribution in [0.1, 0.15) is 56.9 Å². The van der Waals surface area contributed by atoms with Crippen molar-refractivity contribution in [1.82, 2.24) is 5.32 Å². The molecule has 0 aromatic heterocycles. The number of rotatable bonds is 6. The summed E-state index contributed by atoms with van der Waals surface area (Å²) in [5.41, 5.74) is 1.27. The van der Waals surface area contributed by atoms with Gasteiger partial charge in [0.2, 0.25) is 0 Å². The van der Waals surface area contributed by atoms with Crippen LogP contribution in [0.5, 0.6) is 0 Å². The highest BCUT2D eigenvalue weighted by Crippen LogP contribution is 2.20. The van der Waals surface area contributed by atoms with Crippen molar-refractivity contribution in [3.05, 3.63) is 35.9 Å². The molecule has 1 N–H and O–H groups in total. The first kappa shape index (κ1) is 17.0. The normalized spacial score (nSPS) is 18.2. The largest absolute Gasteiger partial charge is 0.461 e. The summed E-state index contributed by atoms with van der Waals surface area (Å²) in [5, 5.41) is 3.12. The van der Waals surface area contributed by atoms with Crippen molar-refractivity contribution in [3.8, 4) is 0 Å². The highest BCUT2D eigenvalue weighted by molar-refractivity contribution is 5.75. The third-order valence-electron chi connectivity index (χ3n) is 4.53. The second-order valence-corrected chi connectivity index (χ2v) is 6.27. The number of likely N-dealkylation sites (N-methyl/N-ethyl adjacent to an activating group) is 1. The van der Waals surface area contributed by atoms with Gasteiger partial charge < -0.3 is 10.1 Å². The Morgan fingerprint density at radius 1 is 1.14 bits per heavy atom. The highest BCUT2D eigenvalue weighted by Gasteiger charge is 2.22. The van der Waals surface area contributed by atoms with Crippen molar-refractivity contribution in [1.29, 1.82) is 0 Å². The fourth-order valence-corrected chi connectivity index (χ4v) is 3.12. The zero-order valence-corrected chi connectivity index (χ0v) is 13.7. The first-order valence-electron chi connectivity index (χ1n) is 8.71. The van der Waals surface area contributed by atoms with Gasteiger partial charge in [-0.05, 0) is 51.1 Å². The lowest BCUT2D eigenvalue weighted by molar-refractivity contribution is -0.152. The van der Waals surface area contributed by atoms with Crippen LogP contribution in [0.2, 0.25) is 0 Å². The topological polar surface area (TPSA) is 38.3 Å². The Bertz CT molecular complexity index is 424. The minimum Gasteiger partial charge on any atom is -0.461 e. The third kappa shape index (κ3) is 5.80. The summed E-state index contributed by atoms with van der Waals surface area (Å²) in [6, 6.07) is 10.1. The van der Waals surface area contributed by atoms with Gasteiger partial charge in [0.15, 0.2) is 0 Å². The molecule has 0 aliphatic heterocycles. The van der Waals surface area contributed by atoms with Crippen LogP contribution < -0.4 is 5.32 Å². The summed E-state index contributed by atoms with van der Waals surface area (Å²) in [4.78, 5) is 12.4. The number of ether oxygens (including phenoxy) is 1. The van der Waals surface area contributed by atoms with Crippen LogP contribution in [0.3, 0.4) is 0 Å². The lowest BCUT2D eigenvalue weighted by Gasteiger charge is -2.23. The molecule has 1 aliphatic rings. The first-order valence-corrected chi connectivity index (χ1v) is 8.71. The molecule has 1 atom stereocenters. The Morgan fingerprint density at radius 2 is 1.77 bits per heavy atom. The van der Waals surface area contributed by atoms with Crippen molar-refractivity contribution in [2.24, 2.45) is 0 Å². The fraction of sp³-hybridized carbons (Fsp3) is 0.632. The summed E-state index contributed by atoms with van der Waals surface area (Å²) in [5.74, 6) is -0.0796. The van der Waals surface area contributed by atoms with Crippen LogP contribution >= 0.6 is 0 Å². The van der Waals surface area contributed by atoms with Crippen LogP contribution in [-0.4, -0.2) is 25.2 Å². The van der Waals surface area contributed by atoms with Gasteiger partial charge in [-0.25, -0.2) is 0 Å². The molecule has 1 fully saturated rings. The Morgan fingerprint density at radius 3 is 2.41 bits per heavy atom. The molecule has 1 aromatic rings. The van der Waals surface area contributed by atoms with Crippen LogP contribution in [0.4, 0.5) is 0 Å². The number of esters is 1. The van der Waals surface area contributed by atoms with E-state index in [0.29, 0.717) is 0 Å². The zero-order chi connectivity index (χ0) is 15.6. The van der Waals surface area contributed by atoms with E-state index in [-0.39, 0.29) is 18.1 Å². The molecule has 0 saturated heterocycles. The maximum absolute atomic E-state index is 12.4. The molecule has 1 aliphatic carbocycles. The second-order valence-electron chi connectivity index (χ2n) is 6.27. The molecule has 0 bridgehead atoms. The lowest BCUT2D eigenvalue weighted by Crippen LogP contribution is -2.38. The number of aryl methyl sites for hydroxylation is 1. The van der Waals surface area contributed by atoms with Gasteiger partial charge in [-0.15, -0.1) is 0 Å². The van der Waals surface area contributed by atoms with Crippen molar-refractivity contribution < 1.29 is 9.53 Å². The quantitative estimate of drug-likeness (QED) is 0.811. The number of carbonyl (C=O) groups is 1. The predicted molar refractivity (Wildman–Crippen MR) is 89.8 cm³/mol.